The molecule has 2 rings (SSSR count). The van der Waals surface area contributed by atoms with E-state index in [1.807, 2.05) is 24.4 Å². The van der Waals surface area contributed by atoms with Gasteiger partial charge in [-0.05, 0) is 51.7 Å². The Balaban J connectivity index is 2.10. The number of benzene rings is 1. The Morgan fingerprint density at radius 3 is 2.65 bits per heavy atom. The Morgan fingerprint density at radius 2 is 2.10 bits per heavy atom. The molecule has 0 aliphatic heterocycles. The molecule has 0 saturated carbocycles. The van der Waals surface area contributed by atoms with E-state index >= 15 is 0 Å². The molecule has 2 N–H and O–H groups in total. The number of ether oxygens (including phenoxy) is 1. The summed E-state index contributed by atoms with van der Waals surface area (Å²) in [5, 5.41) is 0. The second-order valence-corrected chi connectivity index (χ2v) is 5.57. The van der Waals surface area contributed by atoms with Crippen LogP contribution in [0.1, 0.15) is 29.8 Å². The first-order valence-corrected chi connectivity index (χ1v) is 7.46. The molecular formula is C16H19BrN2O. The van der Waals surface area contributed by atoms with E-state index in [2.05, 4.69) is 40.0 Å². The fourth-order valence-electron chi connectivity index (χ4n) is 2.04. The number of pyridine rings is 1. The maximum absolute atomic E-state index is 6.26. The normalized spacial score (nSPS) is 12.2. The minimum Gasteiger partial charge on any atom is -0.496 e. The van der Waals surface area contributed by atoms with Crippen molar-refractivity contribution in [3.8, 4) is 5.75 Å². The summed E-state index contributed by atoms with van der Waals surface area (Å²) in [5.74, 6) is 0.811. The van der Waals surface area contributed by atoms with Crippen LogP contribution < -0.4 is 10.5 Å². The molecule has 1 aromatic carbocycles. The third-order valence-corrected chi connectivity index (χ3v) is 3.95. The highest BCUT2D eigenvalue weighted by Crippen LogP contribution is 2.28. The predicted octanol–water partition coefficient (Wildman–Crippen LogP) is 3.66. The number of methoxy groups -OCH3 is 1. The Labute approximate surface area is 128 Å². The SMILES string of the molecule is CCc1ccc(CC(N)c2ccc(OC)c(Br)c2)nc1. The number of halogens is 1. The minimum atomic E-state index is -0.0721. The van der Waals surface area contributed by atoms with Crippen LogP contribution in [0.3, 0.4) is 0 Å². The first-order chi connectivity index (χ1) is 9.63. The number of rotatable bonds is 5. The first kappa shape index (κ1) is 15.0. The number of hydrogen-bond donors (Lipinski definition) is 1. The summed E-state index contributed by atoms with van der Waals surface area (Å²) >= 11 is 3.48. The van der Waals surface area contributed by atoms with Crippen molar-refractivity contribution in [2.24, 2.45) is 5.73 Å². The first-order valence-electron chi connectivity index (χ1n) is 6.67. The molecule has 0 radical (unpaired) electrons. The van der Waals surface area contributed by atoms with Crippen molar-refractivity contribution in [3.63, 3.8) is 0 Å². The van der Waals surface area contributed by atoms with Gasteiger partial charge in [-0.2, -0.15) is 0 Å². The van der Waals surface area contributed by atoms with Gasteiger partial charge in [-0.15, -0.1) is 0 Å². The van der Waals surface area contributed by atoms with Crippen molar-refractivity contribution in [2.75, 3.05) is 7.11 Å². The van der Waals surface area contributed by atoms with Gasteiger partial charge < -0.3 is 10.5 Å². The van der Waals surface area contributed by atoms with Gasteiger partial charge in [-0.3, -0.25) is 4.98 Å². The van der Waals surface area contributed by atoms with E-state index in [9.17, 15) is 0 Å². The zero-order chi connectivity index (χ0) is 14.5. The van der Waals surface area contributed by atoms with Crippen molar-refractivity contribution in [2.45, 2.75) is 25.8 Å². The van der Waals surface area contributed by atoms with Gasteiger partial charge in [-0.1, -0.05) is 19.1 Å². The Hall–Kier alpha value is -1.39. The molecule has 0 fully saturated rings. The molecule has 3 nitrogen and oxygen atoms in total. The lowest BCUT2D eigenvalue weighted by atomic mass is 10.0. The summed E-state index contributed by atoms with van der Waals surface area (Å²) < 4.78 is 6.14. The van der Waals surface area contributed by atoms with Crippen LogP contribution >= 0.6 is 15.9 Å². The van der Waals surface area contributed by atoms with Gasteiger partial charge in [0.25, 0.3) is 0 Å². The lowest BCUT2D eigenvalue weighted by Gasteiger charge is -2.13. The molecule has 0 spiro atoms. The van der Waals surface area contributed by atoms with Gasteiger partial charge in [0.1, 0.15) is 5.75 Å². The topological polar surface area (TPSA) is 48.1 Å². The molecule has 2 aromatic rings. The number of nitrogens with two attached hydrogens (primary N) is 1. The molecule has 0 aliphatic carbocycles. The standard InChI is InChI=1S/C16H19BrN2O/c1-3-11-4-6-13(19-10-11)9-15(18)12-5-7-16(20-2)14(17)8-12/h4-8,10,15H,3,9,18H2,1-2H3. The minimum absolute atomic E-state index is 0.0721. The maximum atomic E-state index is 6.26. The van der Waals surface area contributed by atoms with E-state index in [0.717, 1.165) is 34.3 Å². The molecule has 106 valence electrons. The molecule has 0 amide bonds. The Bertz CT molecular complexity index is 569. The van der Waals surface area contributed by atoms with Crippen LogP contribution in [0, 0.1) is 0 Å². The van der Waals surface area contributed by atoms with E-state index < -0.39 is 0 Å². The van der Waals surface area contributed by atoms with Gasteiger partial charge in [0.2, 0.25) is 0 Å². The van der Waals surface area contributed by atoms with E-state index in [4.69, 9.17) is 10.5 Å². The molecule has 1 atom stereocenters. The van der Waals surface area contributed by atoms with Gasteiger partial charge in [0.05, 0.1) is 11.6 Å². The van der Waals surface area contributed by atoms with Crippen molar-refractivity contribution < 1.29 is 4.74 Å². The molecule has 0 aliphatic rings. The second-order valence-electron chi connectivity index (χ2n) is 4.72. The number of aromatic nitrogens is 1. The number of aryl methyl sites for hydroxylation is 1. The fraction of sp³-hybridized carbons (Fsp3) is 0.312. The summed E-state index contributed by atoms with van der Waals surface area (Å²) in [6.45, 7) is 2.12. The molecule has 0 saturated heterocycles. The fourth-order valence-corrected chi connectivity index (χ4v) is 2.60. The molecule has 1 heterocycles. The van der Waals surface area contributed by atoms with Crippen molar-refractivity contribution in [1.29, 1.82) is 0 Å². The van der Waals surface area contributed by atoms with Crippen LogP contribution in [0.25, 0.3) is 0 Å². The van der Waals surface area contributed by atoms with E-state index in [1.165, 1.54) is 5.56 Å². The van der Waals surface area contributed by atoms with Crippen LogP contribution in [0.5, 0.6) is 5.75 Å². The van der Waals surface area contributed by atoms with Crippen LogP contribution in [0.2, 0.25) is 0 Å². The summed E-state index contributed by atoms with van der Waals surface area (Å²) in [6, 6.07) is 10.0. The third-order valence-electron chi connectivity index (χ3n) is 3.33. The summed E-state index contributed by atoms with van der Waals surface area (Å²) in [6.07, 6.45) is 3.65. The highest BCUT2D eigenvalue weighted by molar-refractivity contribution is 9.10. The predicted molar refractivity (Wildman–Crippen MR) is 84.9 cm³/mol. The van der Waals surface area contributed by atoms with Crippen LogP contribution in [0.15, 0.2) is 41.0 Å². The number of nitrogens with zero attached hydrogens (tertiary/aromatic N) is 1. The van der Waals surface area contributed by atoms with E-state index in [0.29, 0.717) is 0 Å². The third kappa shape index (κ3) is 3.58. The van der Waals surface area contributed by atoms with E-state index in [1.54, 1.807) is 7.11 Å². The summed E-state index contributed by atoms with van der Waals surface area (Å²) in [4.78, 5) is 4.45. The van der Waals surface area contributed by atoms with Gasteiger partial charge in [-0.25, -0.2) is 0 Å². The average Bonchev–Trinajstić information content (AvgIpc) is 2.48. The lowest BCUT2D eigenvalue weighted by molar-refractivity contribution is 0.412. The zero-order valence-electron chi connectivity index (χ0n) is 11.8. The molecule has 20 heavy (non-hydrogen) atoms. The molecular weight excluding hydrogens is 316 g/mol. The lowest BCUT2D eigenvalue weighted by Crippen LogP contribution is -2.14. The van der Waals surface area contributed by atoms with Gasteiger partial charge in [0, 0.05) is 24.4 Å². The summed E-state index contributed by atoms with van der Waals surface area (Å²) in [7, 11) is 1.65. The quantitative estimate of drug-likeness (QED) is 0.907. The zero-order valence-corrected chi connectivity index (χ0v) is 13.4. The molecule has 1 aromatic heterocycles. The van der Waals surface area contributed by atoms with Crippen LogP contribution in [-0.4, -0.2) is 12.1 Å². The Kier molecular flexibility index (Phi) is 5.15. The molecule has 0 bridgehead atoms. The van der Waals surface area contributed by atoms with Crippen molar-refractivity contribution in [1.82, 2.24) is 4.98 Å². The number of hydrogen-bond acceptors (Lipinski definition) is 3. The second kappa shape index (κ2) is 6.86. The highest BCUT2D eigenvalue weighted by atomic mass is 79.9. The van der Waals surface area contributed by atoms with Crippen LogP contribution in [0.4, 0.5) is 0 Å². The van der Waals surface area contributed by atoms with Gasteiger partial charge >= 0.3 is 0 Å². The molecule has 4 heteroatoms. The van der Waals surface area contributed by atoms with Crippen molar-refractivity contribution in [3.05, 3.63) is 57.8 Å². The largest absolute Gasteiger partial charge is 0.496 e. The van der Waals surface area contributed by atoms with E-state index in [-0.39, 0.29) is 6.04 Å². The Morgan fingerprint density at radius 1 is 1.30 bits per heavy atom. The average molecular weight is 335 g/mol. The molecule has 1 unspecified atom stereocenters. The summed E-state index contributed by atoms with van der Waals surface area (Å²) in [5.41, 5.74) is 9.59. The highest BCUT2D eigenvalue weighted by Gasteiger charge is 2.10. The van der Waals surface area contributed by atoms with Crippen molar-refractivity contribution >= 4 is 15.9 Å². The smallest absolute Gasteiger partial charge is 0.133 e. The maximum Gasteiger partial charge on any atom is 0.133 e. The van der Waals surface area contributed by atoms with Crippen LogP contribution in [-0.2, 0) is 12.8 Å². The monoisotopic (exact) mass is 334 g/mol. The van der Waals surface area contributed by atoms with Gasteiger partial charge in [0.15, 0.2) is 0 Å².